The van der Waals surface area contributed by atoms with Gasteiger partial charge in [0.1, 0.15) is 12.1 Å². The summed E-state index contributed by atoms with van der Waals surface area (Å²) in [6.45, 7) is 6.63. The van der Waals surface area contributed by atoms with Gasteiger partial charge in [-0.2, -0.15) is 5.10 Å². The lowest BCUT2D eigenvalue weighted by molar-refractivity contribution is -0.215. The Bertz CT molecular complexity index is 1730. The van der Waals surface area contributed by atoms with Gasteiger partial charge in [-0.1, -0.05) is 307 Å². The van der Waals surface area contributed by atoms with E-state index in [-0.39, 0.29) is 18.9 Å². The zero-order valence-electron chi connectivity index (χ0n) is 52.8. The molecule has 2 aliphatic rings. The molecule has 1 aromatic carbocycles. The van der Waals surface area contributed by atoms with Crippen LogP contribution in [0.2, 0.25) is 0 Å². The molecule has 0 aliphatic carbocycles. The van der Waals surface area contributed by atoms with Crippen molar-refractivity contribution < 1.29 is 33.9 Å². The molecule has 3 rings (SSSR count). The second-order valence-corrected chi connectivity index (χ2v) is 26.0. The number of hydrogen-bond donors (Lipinski definition) is 1. The van der Waals surface area contributed by atoms with Crippen molar-refractivity contribution in [3.8, 4) is 0 Å². The molecule has 1 atom stereocenters. The third kappa shape index (κ3) is 39.7. The Hall–Kier alpha value is -3.47. The molecule has 2 fully saturated rings. The third-order valence-electron chi connectivity index (χ3n) is 17.3. The predicted molar refractivity (Wildman–Crippen MR) is 338 cm³/mol. The summed E-state index contributed by atoms with van der Waals surface area (Å²) in [7, 11) is 0. The van der Waals surface area contributed by atoms with Crippen LogP contribution in [0, 0.1) is 0 Å². The molecular weight excluding hydrogens is 1010 g/mol. The van der Waals surface area contributed by atoms with Gasteiger partial charge in [0.25, 0.3) is 6.41 Å². The summed E-state index contributed by atoms with van der Waals surface area (Å²) < 4.78 is 6.26. The molecule has 1 aromatic rings. The number of hydrazone groups is 1. The minimum atomic E-state index is -1.05. The van der Waals surface area contributed by atoms with Gasteiger partial charge in [0.05, 0.1) is 18.2 Å². The number of hydrogen-bond acceptors (Lipinski definition) is 7. The number of amides is 3. The summed E-state index contributed by atoms with van der Waals surface area (Å²) in [5.41, 5.74) is 0.341. The summed E-state index contributed by atoms with van der Waals surface area (Å²) in [4.78, 5) is 59.7. The second kappa shape index (κ2) is 47.8. The Morgan fingerprint density at radius 2 is 0.852 bits per heavy atom. The van der Waals surface area contributed by atoms with Crippen molar-refractivity contribution >= 4 is 30.6 Å². The summed E-state index contributed by atoms with van der Waals surface area (Å²) in [5, 5.41) is 14.6. The molecule has 2 heterocycles. The smallest absolute Gasteiger partial charge is 0.410 e. The quantitative estimate of drug-likeness (QED) is 0.156. The highest BCUT2D eigenvalue weighted by Gasteiger charge is 2.41. The molecule has 11 heteroatoms. The number of benzene rings is 1. The molecule has 1 unspecified atom stereocenters. The highest BCUT2D eigenvalue weighted by molar-refractivity contribution is 5.81. The van der Waals surface area contributed by atoms with Gasteiger partial charge in [0, 0.05) is 32.5 Å². The normalized spacial score (nSPS) is 22.6. The van der Waals surface area contributed by atoms with Crippen LogP contribution in [-0.4, -0.2) is 88.1 Å². The number of hydroxylamine groups is 1. The Kier molecular flexibility index (Phi) is 42.4. The summed E-state index contributed by atoms with van der Waals surface area (Å²) in [6.07, 6.45) is 65.7. The molecule has 466 valence electrons. The number of carboxylic acids is 1. The lowest BCUT2D eigenvalue weighted by atomic mass is 9.87. The summed E-state index contributed by atoms with van der Waals surface area (Å²) >= 11 is 0. The molecule has 3 amide bonds. The van der Waals surface area contributed by atoms with E-state index in [0.29, 0.717) is 45.3 Å². The molecular formula is C70H124N4O7. The summed E-state index contributed by atoms with van der Waals surface area (Å²) in [6, 6.07) is 7.63. The number of carbonyl (C=O) groups is 4. The Labute approximate surface area is 497 Å². The monoisotopic (exact) mass is 1130 g/mol. The van der Waals surface area contributed by atoms with E-state index < -0.39 is 23.3 Å². The topological polar surface area (TPSA) is 129 Å². The van der Waals surface area contributed by atoms with Crippen molar-refractivity contribution in [2.45, 2.75) is 353 Å². The zero-order chi connectivity index (χ0) is 58.2. The zero-order valence-corrected chi connectivity index (χ0v) is 52.8. The SMILES string of the molecule is CC(C)(C)ON(C=O)N=Cc1ccc(CC(=O)N2CCCCCCCCCCCCCCCCCCCCCCCCCCCCCCCCCCCCCCCCCCCCCCCCC3(CC2)CCN(CC(=O)O)C(=O)O3)cc1. The van der Waals surface area contributed by atoms with E-state index >= 15 is 0 Å². The van der Waals surface area contributed by atoms with Crippen molar-refractivity contribution in [3.05, 3.63) is 35.4 Å². The van der Waals surface area contributed by atoms with Crippen molar-refractivity contribution in [2.75, 3.05) is 26.2 Å². The van der Waals surface area contributed by atoms with E-state index in [1.54, 1.807) is 6.21 Å². The molecule has 11 nitrogen and oxygen atoms in total. The predicted octanol–water partition coefficient (Wildman–Crippen LogP) is 20.0. The van der Waals surface area contributed by atoms with Crippen LogP contribution in [-0.2, 0) is 30.4 Å². The van der Waals surface area contributed by atoms with E-state index in [1.165, 1.54) is 262 Å². The van der Waals surface area contributed by atoms with Gasteiger partial charge < -0.3 is 14.7 Å². The number of aliphatic carboxylic acids is 1. The largest absolute Gasteiger partial charge is 0.480 e. The lowest BCUT2D eigenvalue weighted by Crippen LogP contribution is -2.52. The fraction of sp³-hybridized carbons (Fsp3) is 0.843. The van der Waals surface area contributed by atoms with Crippen LogP contribution in [0.1, 0.15) is 347 Å². The van der Waals surface area contributed by atoms with Crippen LogP contribution < -0.4 is 0 Å². The minimum absolute atomic E-state index is 0.0428. The fourth-order valence-corrected chi connectivity index (χ4v) is 12.2. The first kappa shape index (κ1) is 71.8. The number of rotatable bonds is 8. The van der Waals surface area contributed by atoms with E-state index in [1.807, 2.05) is 49.9 Å². The van der Waals surface area contributed by atoms with Gasteiger partial charge in [-0.3, -0.25) is 19.3 Å². The highest BCUT2D eigenvalue weighted by atomic mass is 16.7. The van der Waals surface area contributed by atoms with Crippen molar-refractivity contribution in [1.29, 1.82) is 0 Å². The first-order valence-electron chi connectivity index (χ1n) is 34.5. The van der Waals surface area contributed by atoms with E-state index in [4.69, 9.17) is 9.57 Å². The molecule has 2 saturated heterocycles. The van der Waals surface area contributed by atoms with Gasteiger partial charge in [-0.25, -0.2) is 9.63 Å². The van der Waals surface area contributed by atoms with Gasteiger partial charge >= 0.3 is 12.1 Å². The maximum atomic E-state index is 14.3. The molecule has 0 aromatic heterocycles. The van der Waals surface area contributed by atoms with Crippen molar-refractivity contribution in [2.24, 2.45) is 5.10 Å². The van der Waals surface area contributed by atoms with Crippen LogP contribution in [0.3, 0.4) is 0 Å². The van der Waals surface area contributed by atoms with E-state index in [9.17, 15) is 24.3 Å². The fourth-order valence-electron chi connectivity index (χ4n) is 12.2. The van der Waals surface area contributed by atoms with Gasteiger partial charge in [-0.15, -0.1) is 5.17 Å². The lowest BCUT2D eigenvalue weighted by Gasteiger charge is -2.42. The highest BCUT2D eigenvalue weighted by Crippen LogP contribution is 2.34. The standard InChI is InChI=1S/C70H124N4O7/c1-69(2,3)81-74(63-75)71-61-65-52-50-64(51-53-65)60-66(76)72-57-49-47-45-43-41-39-37-35-33-31-29-27-25-23-21-19-17-15-13-11-9-7-5-4-6-8-10-12-14-16-18-20-22-24-26-28-30-32-34-36-38-40-42-44-46-48-54-70(55-58-72)56-59-73(62-67(77)78)68(79)80-70/h50-53,61,63H,4-49,54-60,62H2,1-3H3,(H,77,78). The molecule has 0 radical (unpaired) electrons. The third-order valence-corrected chi connectivity index (χ3v) is 17.3. The molecule has 0 saturated carbocycles. The van der Waals surface area contributed by atoms with E-state index in [2.05, 4.69) is 5.10 Å². The average molecular weight is 1130 g/mol. The van der Waals surface area contributed by atoms with Gasteiger partial charge in [-0.05, 0) is 51.2 Å². The number of carboxylic acid groups (broad SMARTS) is 1. The maximum absolute atomic E-state index is 14.3. The minimum Gasteiger partial charge on any atom is -0.480 e. The Morgan fingerprint density at radius 1 is 0.519 bits per heavy atom. The van der Waals surface area contributed by atoms with Gasteiger partial charge in [0.2, 0.25) is 5.91 Å². The number of ether oxygens (including phenoxy) is 1. The average Bonchev–Trinajstić information content (AvgIpc) is 3.45. The maximum Gasteiger partial charge on any atom is 0.410 e. The molecule has 0 bridgehead atoms. The van der Waals surface area contributed by atoms with Crippen LogP contribution in [0.4, 0.5) is 4.79 Å². The van der Waals surface area contributed by atoms with Crippen LogP contribution in [0.15, 0.2) is 29.4 Å². The second-order valence-electron chi connectivity index (χ2n) is 26.0. The van der Waals surface area contributed by atoms with Crippen LogP contribution in [0.25, 0.3) is 0 Å². The summed E-state index contributed by atoms with van der Waals surface area (Å²) in [5.74, 6) is -1.00. The van der Waals surface area contributed by atoms with Crippen molar-refractivity contribution in [3.63, 3.8) is 0 Å². The Balaban J connectivity index is 1.51. The molecule has 81 heavy (non-hydrogen) atoms. The number of carbonyl (C=O) groups excluding carboxylic acids is 3. The Morgan fingerprint density at radius 3 is 1.17 bits per heavy atom. The number of nitrogens with zero attached hydrogens (tertiary/aromatic N) is 4. The van der Waals surface area contributed by atoms with Crippen LogP contribution in [0.5, 0.6) is 0 Å². The molecule has 1 N–H and O–H groups in total. The first-order chi connectivity index (χ1) is 39.5. The van der Waals surface area contributed by atoms with E-state index in [0.717, 1.165) is 54.8 Å². The molecule has 2 aliphatic heterocycles. The van der Waals surface area contributed by atoms with Gasteiger partial charge in [0.15, 0.2) is 0 Å². The van der Waals surface area contributed by atoms with Crippen molar-refractivity contribution in [1.82, 2.24) is 15.0 Å². The first-order valence-corrected chi connectivity index (χ1v) is 34.5. The van der Waals surface area contributed by atoms with Crippen LogP contribution >= 0.6 is 0 Å². The molecule has 1 spiro atoms.